The molecule has 0 spiro atoms. The molecule has 2 heterocycles. The molecule has 7 heteroatoms. The first-order chi connectivity index (χ1) is 15.2. The van der Waals surface area contributed by atoms with Gasteiger partial charge < -0.3 is 11.1 Å². The summed E-state index contributed by atoms with van der Waals surface area (Å²) < 4.78 is 0. The number of nitrogens with zero attached hydrogens (tertiary/aromatic N) is 3. The Balaban J connectivity index is 2.16. The number of rotatable bonds is 7. The molecule has 5 nitrogen and oxygen atoms in total. The third kappa shape index (κ3) is 4.83. The van der Waals surface area contributed by atoms with Crippen LogP contribution in [0.2, 0.25) is 16.6 Å². The molecular formula is C25H39N5SSi. The van der Waals surface area contributed by atoms with Crippen molar-refractivity contribution in [1.82, 2.24) is 15.0 Å². The van der Waals surface area contributed by atoms with E-state index in [2.05, 4.69) is 69.4 Å². The Morgan fingerprint density at radius 3 is 2.25 bits per heavy atom. The van der Waals surface area contributed by atoms with Gasteiger partial charge in [-0.25, -0.2) is 15.0 Å². The van der Waals surface area contributed by atoms with E-state index in [1.165, 1.54) is 24.6 Å². The first-order valence-electron chi connectivity index (χ1n) is 11.9. The predicted octanol–water partition coefficient (Wildman–Crippen LogP) is 6.00. The lowest BCUT2D eigenvalue weighted by molar-refractivity contribution is 0.491. The average molecular weight is 470 g/mol. The average Bonchev–Trinajstić information content (AvgIpc) is 3.21. The number of hydrogen-bond acceptors (Lipinski definition) is 6. The fourth-order valence-electron chi connectivity index (χ4n) is 5.57. The van der Waals surface area contributed by atoms with Crippen LogP contribution in [0.5, 0.6) is 0 Å². The standard InChI is InChI=1S/C25H39N5SSi/c1-17(2)32(18(3)4,19(5)6)13-10-20-14-22(30-25(16-26)11-8-9-12-25)28-23-21(20)15-27-24(29-23)31-7/h14-15,17-19H,8-9,11-12,16,26H2,1-7H3,(H,27,28,29,30). The zero-order chi connectivity index (χ0) is 23.5. The molecule has 32 heavy (non-hydrogen) atoms. The van der Waals surface area contributed by atoms with E-state index in [1.54, 1.807) is 0 Å². The number of pyridine rings is 1. The SMILES string of the molecule is CSc1ncc2c(C#C[Si](C(C)C)(C(C)C)C(C)C)cc(NC3(CN)CCCC3)nc2n1. The minimum Gasteiger partial charge on any atom is -0.363 e. The molecule has 0 saturated heterocycles. The van der Waals surface area contributed by atoms with E-state index < -0.39 is 8.07 Å². The maximum absolute atomic E-state index is 6.19. The van der Waals surface area contributed by atoms with Crippen molar-refractivity contribution in [1.29, 1.82) is 0 Å². The Kier molecular flexibility index (Phi) is 7.90. The van der Waals surface area contributed by atoms with Crippen LogP contribution in [0, 0.1) is 11.5 Å². The number of aromatic nitrogens is 3. The largest absolute Gasteiger partial charge is 0.363 e. The van der Waals surface area contributed by atoms with Crippen molar-refractivity contribution in [3.8, 4) is 11.5 Å². The van der Waals surface area contributed by atoms with E-state index >= 15 is 0 Å². The molecule has 3 rings (SSSR count). The summed E-state index contributed by atoms with van der Waals surface area (Å²) in [7, 11) is -1.86. The van der Waals surface area contributed by atoms with Crippen molar-refractivity contribution < 1.29 is 0 Å². The smallest absolute Gasteiger partial charge is 0.189 e. The minimum atomic E-state index is -1.86. The molecule has 0 unspecified atom stereocenters. The highest BCUT2D eigenvalue weighted by atomic mass is 32.2. The molecular weight excluding hydrogens is 430 g/mol. The second-order valence-corrected chi connectivity index (χ2v) is 16.5. The van der Waals surface area contributed by atoms with Crippen molar-refractivity contribution in [2.24, 2.45) is 5.73 Å². The monoisotopic (exact) mass is 469 g/mol. The summed E-state index contributed by atoms with van der Waals surface area (Å²) in [5, 5.41) is 5.33. The first kappa shape index (κ1) is 25.0. The zero-order valence-corrected chi connectivity index (χ0v) is 22.6. The summed E-state index contributed by atoms with van der Waals surface area (Å²) in [6.07, 6.45) is 8.43. The molecule has 1 aliphatic rings. The Morgan fingerprint density at radius 1 is 1.09 bits per heavy atom. The van der Waals surface area contributed by atoms with Gasteiger partial charge in [0.05, 0.1) is 10.9 Å². The Bertz CT molecular complexity index is 981. The van der Waals surface area contributed by atoms with E-state index in [0.717, 1.165) is 34.8 Å². The highest BCUT2D eigenvalue weighted by Gasteiger charge is 2.41. The van der Waals surface area contributed by atoms with Crippen LogP contribution in [-0.2, 0) is 0 Å². The molecule has 0 radical (unpaired) electrons. The van der Waals surface area contributed by atoms with E-state index in [1.807, 2.05) is 12.5 Å². The van der Waals surface area contributed by atoms with E-state index in [0.29, 0.717) is 28.8 Å². The third-order valence-electron chi connectivity index (χ3n) is 7.35. The molecule has 0 aromatic carbocycles. The molecule has 3 N–H and O–H groups in total. The fourth-order valence-corrected chi connectivity index (χ4v) is 11.1. The number of anilines is 1. The Morgan fingerprint density at radius 2 is 1.72 bits per heavy atom. The van der Waals surface area contributed by atoms with Gasteiger partial charge in [-0.05, 0) is 41.8 Å². The number of fused-ring (bicyclic) bond motifs is 1. The minimum absolute atomic E-state index is 0.0763. The van der Waals surface area contributed by atoms with Gasteiger partial charge in [0.15, 0.2) is 10.8 Å². The van der Waals surface area contributed by atoms with Crippen LogP contribution >= 0.6 is 11.8 Å². The van der Waals surface area contributed by atoms with Gasteiger partial charge in [-0.3, -0.25) is 0 Å². The second-order valence-electron chi connectivity index (χ2n) is 10.1. The number of nitrogens with two attached hydrogens (primary N) is 1. The van der Waals surface area contributed by atoms with Crippen LogP contribution in [0.1, 0.15) is 72.8 Å². The van der Waals surface area contributed by atoms with E-state index in [-0.39, 0.29) is 5.54 Å². The molecule has 0 amide bonds. The quantitative estimate of drug-likeness (QED) is 0.224. The van der Waals surface area contributed by atoms with Gasteiger partial charge in [-0.2, -0.15) is 0 Å². The summed E-state index contributed by atoms with van der Waals surface area (Å²) in [5.41, 5.74) is 13.4. The summed E-state index contributed by atoms with van der Waals surface area (Å²) >= 11 is 1.53. The highest BCUT2D eigenvalue weighted by molar-refractivity contribution is 7.98. The van der Waals surface area contributed by atoms with E-state index in [9.17, 15) is 0 Å². The predicted molar refractivity (Wildman–Crippen MR) is 141 cm³/mol. The molecule has 0 atom stereocenters. The lowest BCUT2D eigenvalue weighted by Gasteiger charge is -2.38. The molecule has 0 bridgehead atoms. The van der Waals surface area contributed by atoms with Gasteiger partial charge in [-0.15, -0.1) is 5.54 Å². The molecule has 1 fully saturated rings. The van der Waals surface area contributed by atoms with Gasteiger partial charge in [0.25, 0.3) is 0 Å². The Hall–Kier alpha value is -1.62. The van der Waals surface area contributed by atoms with Gasteiger partial charge >= 0.3 is 0 Å². The molecule has 174 valence electrons. The van der Waals surface area contributed by atoms with Crippen molar-refractivity contribution in [3.05, 3.63) is 17.8 Å². The zero-order valence-electron chi connectivity index (χ0n) is 20.7. The number of thioether (sulfide) groups is 1. The molecule has 2 aromatic heterocycles. The van der Waals surface area contributed by atoms with Gasteiger partial charge in [0.2, 0.25) is 0 Å². The van der Waals surface area contributed by atoms with Gasteiger partial charge in [0.1, 0.15) is 13.9 Å². The fraction of sp³-hybridized carbons (Fsp3) is 0.640. The van der Waals surface area contributed by atoms with Crippen LogP contribution in [0.3, 0.4) is 0 Å². The Labute approximate surface area is 199 Å². The van der Waals surface area contributed by atoms with Crippen LogP contribution in [0.15, 0.2) is 17.4 Å². The first-order valence-corrected chi connectivity index (χ1v) is 15.4. The van der Waals surface area contributed by atoms with Crippen LogP contribution < -0.4 is 11.1 Å². The number of nitrogens with one attached hydrogen (secondary N) is 1. The third-order valence-corrected chi connectivity index (χ3v) is 14.2. The van der Waals surface area contributed by atoms with Gasteiger partial charge in [0, 0.05) is 18.3 Å². The summed E-state index contributed by atoms with van der Waals surface area (Å²) in [4.78, 5) is 14.1. The molecule has 1 saturated carbocycles. The topological polar surface area (TPSA) is 76.7 Å². The lowest BCUT2D eigenvalue weighted by Crippen LogP contribution is -2.43. The van der Waals surface area contributed by atoms with Crippen LogP contribution in [0.25, 0.3) is 11.0 Å². The van der Waals surface area contributed by atoms with Crippen molar-refractivity contribution >= 4 is 36.7 Å². The van der Waals surface area contributed by atoms with Gasteiger partial charge in [-0.1, -0.05) is 72.1 Å². The highest BCUT2D eigenvalue weighted by Crippen LogP contribution is 2.41. The molecule has 0 aliphatic heterocycles. The van der Waals surface area contributed by atoms with E-state index in [4.69, 9.17) is 15.7 Å². The molecule has 1 aliphatic carbocycles. The maximum Gasteiger partial charge on any atom is 0.189 e. The maximum atomic E-state index is 6.19. The van der Waals surface area contributed by atoms with Crippen LogP contribution in [0.4, 0.5) is 5.82 Å². The van der Waals surface area contributed by atoms with Crippen molar-refractivity contribution in [3.63, 3.8) is 0 Å². The van der Waals surface area contributed by atoms with Crippen molar-refractivity contribution in [2.75, 3.05) is 18.1 Å². The summed E-state index contributed by atoms with van der Waals surface area (Å²) in [6.45, 7) is 14.7. The summed E-state index contributed by atoms with van der Waals surface area (Å²) in [6, 6.07) is 2.09. The second kappa shape index (κ2) is 10.1. The van der Waals surface area contributed by atoms with Crippen molar-refractivity contribution in [2.45, 2.75) is 94.5 Å². The summed E-state index contributed by atoms with van der Waals surface area (Å²) in [5.74, 6) is 4.44. The number of hydrogen-bond donors (Lipinski definition) is 2. The molecule has 2 aromatic rings. The van der Waals surface area contributed by atoms with Crippen LogP contribution in [-0.4, -0.2) is 41.4 Å². The lowest BCUT2D eigenvalue weighted by atomic mass is 9.98. The normalized spacial score (nSPS) is 16.1.